The third-order valence-corrected chi connectivity index (χ3v) is 6.89. The fourth-order valence-corrected chi connectivity index (χ4v) is 4.99. The molecule has 30 heavy (non-hydrogen) atoms. The van der Waals surface area contributed by atoms with E-state index in [0.29, 0.717) is 17.5 Å². The number of likely N-dealkylation sites (tertiary alicyclic amines) is 1. The molecular weight excluding hydrogens is 416 g/mol. The lowest BCUT2D eigenvalue weighted by Crippen LogP contribution is -2.21. The second-order valence-corrected chi connectivity index (χ2v) is 9.13. The first kappa shape index (κ1) is 19.5. The molecule has 0 amide bonds. The van der Waals surface area contributed by atoms with E-state index in [2.05, 4.69) is 54.1 Å². The van der Waals surface area contributed by atoms with Crippen molar-refractivity contribution in [3.8, 4) is 10.8 Å². The van der Waals surface area contributed by atoms with E-state index in [0.717, 1.165) is 42.0 Å². The number of benzene rings is 1. The first-order valence-electron chi connectivity index (χ1n) is 10.0. The molecule has 0 saturated carbocycles. The average Bonchev–Trinajstić information content (AvgIpc) is 3.57. The summed E-state index contributed by atoms with van der Waals surface area (Å²) < 4.78 is 7.62. The summed E-state index contributed by atoms with van der Waals surface area (Å²) in [6, 6.07) is 14.4. The molecule has 0 aliphatic carbocycles. The third-order valence-electron chi connectivity index (χ3n) is 5.07. The van der Waals surface area contributed by atoms with Gasteiger partial charge in [-0.15, -0.1) is 21.5 Å². The molecule has 1 fully saturated rings. The minimum atomic E-state index is 0.570. The Kier molecular flexibility index (Phi) is 5.91. The minimum absolute atomic E-state index is 0.570. The summed E-state index contributed by atoms with van der Waals surface area (Å²) >= 11 is 3.19. The average molecular weight is 439 g/mol. The fraction of sp³-hybridized carbons (Fsp3) is 0.333. The van der Waals surface area contributed by atoms with Crippen molar-refractivity contribution >= 4 is 23.1 Å². The molecule has 1 aliphatic heterocycles. The van der Waals surface area contributed by atoms with Crippen molar-refractivity contribution in [3.05, 3.63) is 65.1 Å². The van der Waals surface area contributed by atoms with Gasteiger partial charge in [-0.05, 0) is 42.9 Å². The van der Waals surface area contributed by atoms with E-state index in [1.165, 1.54) is 18.4 Å². The van der Waals surface area contributed by atoms with Crippen LogP contribution in [0.2, 0.25) is 0 Å². The van der Waals surface area contributed by atoms with Gasteiger partial charge in [-0.1, -0.05) is 53.3 Å². The van der Waals surface area contributed by atoms with Gasteiger partial charge in [0.1, 0.15) is 5.82 Å². The Morgan fingerprint density at radius 2 is 1.87 bits per heavy atom. The smallest absolute Gasteiger partial charge is 0.268 e. The molecule has 3 aromatic heterocycles. The SMILES string of the molecule is c1ccc(Cn2c(CN3CCCC3)nnc2SCc2noc(-c3cccs3)n2)cc1. The van der Waals surface area contributed by atoms with Gasteiger partial charge in [0.15, 0.2) is 11.0 Å². The van der Waals surface area contributed by atoms with Crippen LogP contribution in [-0.4, -0.2) is 42.9 Å². The standard InChI is InChI=1S/C21H22N6OS2/c1-2-7-16(8-3-1)13-27-19(14-26-10-4-5-11-26)23-24-21(27)30-15-18-22-20(28-25-18)17-9-6-12-29-17/h1-3,6-9,12H,4-5,10-11,13-15H2. The van der Waals surface area contributed by atoms with E-state index in [9.17, 15) is 0 Å². The summed E-state index contributed by atoms with van der Waals surface area (Å²) in [6.45, 7) is 3.86. The second-order valence-electron chi connectivity index (χ2n) is 7.24. The van der Waals surface area contributed by atoms with Crippen LogP contribution in [0.4, 0.5) is 0 Å². The molecule has 7 nitrogen and oxygen atoms in total. The lowest BCUT2D eigenvalue weighted by atomic mass is 10.2. The molecule has 0 spiro atoms. The molecule has 1 aliphatic rings. The van der Waals surface area contributed by atoms with Gasteiger partial charge in [0.05, 0.1) is 23.7 Å². The normalized spacial score (nSPS) is 14.5. The van der Waals surface area contributed by atoms with Gasteiger partial charge in [-0.25, -0.2) is 0 Å². The lowest BCUT2D eigenvalue weighted by Gasteiger charge is -2.16. The largest absolute Gasteiger partial charge is 0.333 e. The first-order chi connectivity index (χ1) is 14.8. The van der Waals surface area contributed by atoms with E-state index < -0.39 is 0 Å². The van der Waals surface area contributed by atoms with Crippen molar-refractivity contribution in [1.82, 2.24) is 29.8 Å². The third kappa shape index (κ3) is 4.48. The molecule has 0 radical (unpaired) electrons. The Bertz CT molecular complexity index is 1070. The Morgan fingerprint density at radius 3 is 2.67 bits per heavy atom. The molecule has 0 atom stereocenters. The lowest BCUT2D eigenvalue weighted by molar-refractivity contribution is 0.316. The highest BCUT2D eigenvalue weighted by Crippen LogP contribution is 2.26. The number of hydrogen-bond acceptors (Lipinski definition) is 8. The highest BCUT2D eigenvalue weighted by Gasteiger charge is 2.19. The molecule has 1 saturated heterocycles. The summed E-state index contributed by atoms with van der Waals surface area (Å²) in [5.41, 5.74) is 1.24. The van der Waals surface area contributed by atoms with Crippen molar-refractivity contribution in [2.24, 2.45) is 0 Å². The van der Waals surface area contributed by atoms with Crippen LogP contribution < -0.4 is 0 Å². The van der Waals surface area contributed by atoms with Gasteiger partial charge in [-0.2, -0.15) is 4.98 Å². The Labute approximate surface area is 183 Å². The minimum Gasteiger partial charge on any atom is -0.333 e. The predicted octanol–water partition coefficient (Wildman–Crippen LogP) is 4.33. The van der Waals surface area contributed by atoms with Crippen molar-refractivity contribution in [2.45, 2.75) is 36.8 Å². The summed E-state index contributed by atoms with van der Waals surface area (Å²) in [5, 5.41) is 16.0. The first-order valence-corrected chi connectivity index (χ1v) is 11.9. The molecule has 9 heteroatoms. The van der Waals surface area contributed by atoms with Gasteiger partial charge in [0.25, 0.3) is 5.89 Å². The zero-order chi connectivity index (χ0) is 20.2. The van der Waals surface area contributed by atoms with Crippen LogP contribution in [0.5, 0.6) is 0 Å². The maximum absolute atomic E-state index is 5.40. The van der Waals surface area contributed by atoms with Gasteiger partial charge < -0.3 is 9.09 Å². The molecule has 0 bridgehead atoms. The Balaban J connectivity index is 1.33. The van der Waals surface area contributed by atoms with E-state index in [1.807, 2.05) is 23.6 Å². The van der Waals surface area contributed by atoms with Crippen LogP contribution in [0, 0.1) is 0 Å². The van der Waals surface area contributed by atoms with Crippen molar-refractivity contribution in [3.63, 3.8) is 0 Å². The van der Waals surface area contributed by atoms with Crippen LogP contribution in [0.25, 0.3) is 10.8 Å². The summed E-state index contributed by atoms with van der Waals surface area (Å²) in [4.78, 5) is 7.95. The van der Waals surface area contributed by atoms with E-state index in [4.69, 9.17) is 4.52 Å². The van der Waals surface area contributed by atoms with Gasteiger partial charge in [0, 0.05) is 0 Å². The molecule has 4 aromatic rings. The topological polar surface area (TPSA) is 72.9 Å². The van der Waals surface area contributed by atoms with E-state index in [1.54, 1.807) is 23.1 Å². The fourth-order valence-electron chi connectivity index (χ4n) is 3.55. The maximum Gasteiger partial charge on any atom is 0.268 e. The molecule has 0 N–H and O–H groups in total. The Morgan fingerprint density at radius 1 is 1.00 bits per heavy atom. The monoisotopic (exact) mass is 438 g/mol. The van der Waals surface area contributed by atoms with Crippen molar-refractivity contribution in [1.29, 1.82) is 0 Å². The van der Waals surface area contributed by atoms with Crippen LogP contribution in [0.3, 0.4) is 0 Å². The second kappa shape index (κ2) is 9.11. The van der Waals surface area contributed by atoms with Gasteiger partial charge in [0.2, 0.25) is 0 Å². The van der Waals surface area contributed by atoms with Gasteiger partial charge >= 0.3 is 0 Å². The van der Waals surface area contributed by atoms with Crippen LogP contribution in [0.15, 0.2) is 57.5 Å². The summed E-state index contributed by atoms with van der Waals surface area (Å²) in [5.74, 6) is 2.83. The predicted molar refractivity (Wildman–Crippen MR) is 117 cm³/mol. The van der Waals surface area contributed by atoms with Crippen molar-refractivity contribution < 1.29 is 4.52 Å². The molecule has 1 aromatic carbocycles. The molecule has 4 heterocycles. The van der Waals surface area contributed by atoms with Gasteiger partial charge in [-0.3, -0.25) is 4.90 Å². The van der Waals surface area contributed by atoms with Crippen LogP contribution in [-0.2, 0) is 18.8 Å². The number of thiophene rings is 1. The van der Waals surface area contributed by atoms with E-state index in [-0.39, 0.29) is 0 Å². The summed E-state index contributed by atoms with van der Waals surface area (Å²) in [7, 11) is 0. The van der Waals surface area contributed by atoms with Crippen molar-refractivity contribution in [2.75, 3.05) is 13.1 Å². The number of nitrogens with zero attached hydrogens (tertiary/aromatic N) is 6. The molecule has 0 unspecified atom stereocenters. The highest BCUT2D eigenvalue weighted by molar-refractivity contribution is 7.98. The number of thioether (sulfide) groups is 1. The zero-order valence-electron chi connectivity index (χ0n) is 16.5. The van der Waals surface area contributed by atoms with Crippen LogP contribution >= 0.6 is 23.1 Å². The zero-order valence-corrected chi connectivity index (χ0v) is 18.1. The Hall–Kier alpha value is -2.49. The summed E-state index contributed by atoms with van der Waals surface area (Å²) in [6.07, 6.45) is 2.53. The highest BCUT2D eigenvalue weighted by atomic mass is 32.2. The molecule has 5 rings (SSSR count). The molecule has 154 valence electrons. The number of rotatable bonds is 8. The maximum atomic E-state index is 5.40. The quantitative estimate of drug-likeness (QED) is 0.379. The van der Waals surface area contributed by atoms with Crippen LogP contribution in [0.1, 0.15) is 30.1 Å². The number of hydrogen-bond donors (Lipinski definition) is 0. The number of aromatic nitrogens is 5. The van der Waals surface area contributed by atoms with E-state index >= 15 is 0 Å². The molecular formula is C21H22N6OS2.